The van der Waals surface area contributed by atoms with Crippen LogP contribution in [0.2, 0.25) is 0 Å². The third kappa shape index (κ3) is 7.34. The molecule has 0 spiro atoms. The molecule has 1 unspecified atom stereocenters. The number of hydrogen-bond acceptors (Lipinski definition) is 5. The number of ether oxygens (including phenoxy) is 1. The predicted molar refractivity (Wildman–Crippen MR) is 170 cm³/mol. The van der Waals surface area contributed by atoms with Gasteiger partial charge in [-0.15, -0.1) is 0 Å². The molecule has 220 valence electrons. The standard InChI is InChI=1S/C34H43FNO3PS/c1-24-9-15-28(16-10-24)41-29-17-18-30(31(35)21-29)27-13-11-26(12-14-27)19-20-34(22-38-25(2)36-34)23-39-40(37,32(3,4)5)33(6,7)8/h9-18,21H,19-20,22-23H2,1-8H3. The summed E-state index contributed by atoms with van der Waals surface area (Å²) in [5, 5.41) is -0.985. The first-order valence-corrected chi connectivity index (χ1v) is 16.6. The molecule has 1 atom stereocenters. The zero-order valence-corrected chi connectivity index (χ0v) is 27.3. The third-order valence-electron chi connectivity index (χ3n) is 7.57. The molecular weight excluding hydrogens is 552 g/mol. The number of hydrogen-bond donors (Lipinski definition) is 0. The minimum absolute atomic E-state index is 0.235. The van der Waals surface area contributed by atoms with Crippen molar-refractivity contribution >= 4 is 25.0 Å². The van der Waals surface area contributed by atoms with Gasteiger partial charge in [0.2, 0.25) is 7.37 Å². The van der Waals surface area contributed by atoms with E-state index in [0.717, 1.165) is 27.3 Å². The lowest BCUT2D eigenvalue weighted by molar-refractivity contribution is 0.158. The molecule has 41 heavy (non-hydrogen) atoms. The Morgan fingerprint density at radius 3 is 2.07 bits per heavy atom. The Labute approximate surface area is 249 Å². The Hall–Kier alpha value is -2.40. The van der Waals surface area contributed by atoms with Gasteiger partial charge in [-0.25, -0.2) is 9.38 Å². The van der Waals surface area contributed by atoms with Crippen LogP contribution in [0.3, 0.4) is 0 Å². The van der Waals surface area contributed by atoms with Gasteiger partial charge in [-0.1, -0.05) is 101 Å². The highest BCUT2D eigenvalue weighted by atomic mass is 32.2. The molecule has 1 heterocycles. The summed E-state index contributed by atoms with van der Waals surface area (Å²) in [7, 11) is -3.03. The Balaban J connectivity index is 1.44. The van der Waals surface area contributed by atoms with Crippen LogP contribution in [0.1, 0.15) is 66.0 Å². The molecule has 0 aliphatic carbocycles. The maximum absolute atomic E-state index is 15.1. The second-order valence-corrected chi connectivity index (χ2v) is 18.3. The number of benzene rings is 3. The molecule has 3 aromatic rings. The molecule has 1 aliphatic rings. The van der Waals surface area contributed by atoms with Gasteiger partial charge in [0.05, 0.1) is 6.61 Å². The van der Waals surface area contributed by atoms with Crippen LogP contribution in [0, 0.1) is 12.7 Å². The molecule has 0 saturated carbocycles. The molecule has 4 nitrogen and oxygen atoms in total. The van der Waals surface area contributed by atoms with E-state index in [1.165, 1.54) is 5.56 Å². The van der Waals surface area contributed by atoms with Crippen molar-refractivity contribution in [3.63, 3.8) is 0 Å². The summed E-state index contributed by atoms with van der Waals surface area (Å²) in [6.45, 7) is 16.4. The molecule has 0 radical (unpaired) electrons. The van der Waals surface area contributed by atoms with Crippen molar-refractivity contribution in [2.45, 2.75) is 93.9 Å². The molecule has 0 saturated heterocycles. The van der Waals surface area contributed by atoms with Gasteiger partial charge >= 0.3 is 0 Å². The van der Waals surface area contributed by atoms with Crippen molar-refractivity contribution in [1.82, 2.24) is 0 Å². The van der Waals surface area contributed by atoms with E-state index in [4.69, 9.17) is 14.3 Å². The van der Waals surface area contributed by atoms with Crippen LogP contribution in [0.15, 0.2) is 81.5 Å². The Morgan fingerprint density at radius 1 is 0.927 bits per heavy atom. The van der Waals surface area contributed by atoms with E-state index in [0.29, 0.717) is 24.5 Å². The average Bonchev–Trinajstić information content (AvgIpc) is 3.27. The van der Waals surface area contributed by atoms with Crippen LogP contribution < -0.4 is 0 Å². The fourth-order valence-electron chi connectivity index (χ4n) is 5.28. The van der Waals surface area contributed by atoms with Crippen LogP contribution in [-0.4, -0.2) is 35.0 Å². The quantitative estimate of drug-likeness (QED) is 0.231. The number of aryl methyl sites for hydroxylation is 2. The minimum atomic E-state index is -3.03. The first-order valence-electron chi connectivity index (χ1n) is 14.2. The van der Waals surface area contributed by atoms with Crippen molar-refractivity contribution in [3.8, 4) is 11.1 Å². The maximum Gasteiger partial charge on any atom is 0.213 e. The van der Waals surface area contributed by atoms with E-state index in [-0.39, 0.29) is 12.4 Å². The smallest absolute Gasteiger partial charge is 0.213 e. The zero-order chi connectivity index (χ0) is 30.1. The number of halogens is 1. The average molecular weight is 596 g/mol. The number of rotatable bonds is 9. The fraction of sp³-hybridized carbons (Fsp3) is 0.441. The molecule has 0 fully saturated rings. The summed E-state index contributed by atoms with van der Waals surface area (Å²) in [6.07, 6.45) is 1.44. The number of nitrogens with zero attached hydrogens (tertiary/aromatic N) is 1. The van der Waals surface area contributed by atoms with Crippen LogP contribution in [0.5, 0.6) is 0 Å². The van der Waals surface area contributed by atoms with Crippen LogP contribution in [0.25, 0.3) is 11.1 Å². The molecule has 0 amide bonds. The highest BCUT2D eigenvalue weighted by Crippen LogP contribution is 2.67. The lowest BCUT2D eigenvalue weighted by Crippen LogP contribution is -2.38. The van der Waals surface area contributed by atoms with E-state index in [1.54, 1.807) is 17.8 Å². The SMILES string of the molecule is CC1=NC(CCc2ccc(-c3ccc(Sc4ccc(C)cc4)cc3F)cc2)(COP(=O)(C(C)(C)C)C(C)(C)C)CO1. The van der Waals surface area contributed by atoms with Gasteiger partial charge in [0.15, 0.2) is 5.90 Å². The van der Waals surface area contributed by atoms with Crippen molar-refractivity contribution in [2.24, 2.45) is 4.99 Å². The normalized spacial score (nSPS) is 17.8. The van der Waals surface area contributed by atoms with E-state index >= 15 is 4.39 Å². The summed E-state index contributed by atoms with van der Waals surface area (Å²) in [5.74, 6) is 0.394. The first kappa shape index (κ1) is 31.5. The molecule has 1 aliphatic heterocycles. The maximum atomic E-state index is 15.1. The second kappa shape index (κ2) is 12.1. The molecular formula is C34H43FNO3PS. The number of aliphatic imine (C=N–C) groups is 1. The minimum Gasteiger partial charge on any atom is -0.479 e. The first-order chi connectivity index (χ1) is 19.1. The van der Waals surface area contributed by atoms with Gasteiger partial charge in [-0.3, -0.25) is 4.57 Å². The fourth-order valence-corrected chi connectivity index (χ4v) is 9.33. The van der Waals surface area contributed by atoms with Gasteiger partial charge in [0, 0.05) is 32.6 Å². The van der Waals surface area contributed by atoms with Gasteiger partial charge < -0.3 is 9.26 Å². The topological polar surface area (TPSA) is 47.9 Å². The molecule has 3 aromatic carbocycles. The molecule has 0 N–H and O–H groups in total. The summed E-state index contributed by atoms with van der Waals surface area (Å²) < 4.78 is 41.3. The third-order valence-corrected chi connectivity index (χ3v) is 12.6. The summed E-state index contributed by atoms with van der Waals surface area (Å²) in [4.78, 5) is 6.78. The largest absolute Gasteiger partial charge is 0.479 e. The van der Waals surface area contributed by atoms with Crippen molar-refractivity contribution in [2.75, 3.05) is 13.2 Å². The van der Waals surface area contributed by atoms with E-state index in [2.05, 4.69) is 31.2 Å². The molecule has 7 heteroatoms. The van der Waals surface area contributed by atoms with Gasteiger partial charge in [0.1, 0.15) is 18.0 Å². The van der Waals surface area contributed by atoms with Crippen LogP contribution in [-0.2, 0) is 20.2 Å². The second-order valence-electron chi connectivity index (χ2n) is 13.1. The monoisotopic (exact) mass is 595 g/mol. The summed E-state index contributed by atoms with van der Waals surface area (Å²) >= 11 is 1.55. The summed E-state index contributed by atoms with van der Waals surface area (Å²) in [6, 6.07) is 21.7. The molecule has 0 bridgehead atoms. The molecule has 4 rings (SSSR count). The van der Waals surface area contributed by atoms with Crippen LogP contribution >= 0.6 is 19.1 Å². The lowest BCUT2D eigenvalue weighted by atomic mass is 9.93. The van der Waals surface area contributed by atoms with Crippen molar-refractivity contribution in [1.29, 1.82) is 0 Å². The van der Waals surface area contributed by atoms with Crippen LogP contribution in [0.4, 0.5) is 4.39 Å². The Bertz CT molecular complexity index is 1420. The lowest BCUT2D eigenvalue weighted by Gasteiger charge is -2.41. The predicted octanol–water partition coefficient (Wildman–Crippen LogP) is 9.96. The van der Waals surface area contributed by atoms with E-state index < -0.39 is 23.2 Å². The van der Waals surface area contributed by atoms with Crippen molar-refractivity contribution < 1.29 is 18.2 Å². The van der Waals surface area contributed by atoms with Gasteiger partial charge in [-0.2, -0.15) is 0 Å². The van der Waals surface area contributed by atoms with Gasteiger partial charge in [-0.05, 0) is 55.2 Å². The molecule has 0 aromatic heterocycles. The Morgan fingerprint density at radius 2 is 1.54 bits per heavy atom. The Kier molecular flexibility index (Phi) is 9.28. The van der Waals surface area contributed by atoms with Crippen molar-refractivity contribution in [3.05, 3.63) is 83.7 Å². The van der Waals surface area contributed by atoms with E-state index in [1.807, 2.05) is 84.9 Å². The highest BCUT2D eigenvalue weighted by Gasteiger charge is 2.49. The summed E-state index contributed by atoms with van der Waals surface area (Å²) in [5.41, 5.74) is 3.15. The zero-order valence-electron chi connectivity index (χ0n) is 25.6. The highest BCUT2D eigenvalue weighted by molar-refractivity contribution is 7.99. The van der Waals surface area contributed by atoms with E-state index in [9.17, 15) is 4.57 Å². The van der Waals surface area contributed by atoms with Gasteiger partial charge in [0.25, 0.3) is 0 Å².